The topological polar surface area (TPSA) is 102 Å². The van der Waals surface area contributed by atoms with Crippen molar-refractivity contribution < 1.29 is 23.8 Å². The molecule has 18 heavy (non-hydrogen) atoms. The number of hydrogen-bond donors (Lipinski definition) is 2. The summed E-state index contributed by atoms with van der Waals surface area (Å²) in [6, 6.07) is 1.64. The first-order valence-corrected chi connectivity index (χ1v) is 6.88. The van der Waals surface area contributed by atoms with Crippen LogP contribution in [0.25, 0.3) is 0 Å². The molecule has 1 fully saturated rings. The zero-order valence-electron chi connectivity index (χ0n) is 9.60. The smallest absolute Gasteiger partial charge is 0.316 e. The summed E-state index contributed by atoms with van der Waals surface area (Å²) < 4.78 is 21.2. The Balaban J connectivity index is 1.94. The van der Waals surface area contributed by atoms with Crippen LogP contribution in [-0.4, -0.2) is 38.8 Å². The maximum absolute atomic E-state index is 10.7. The summed E-state index contributed by atoms with van der Waals surface area (Å²) in [5.74, 6) is 0.266. The van der Waals surface area contributed by atoms with Crippen molar-refractivity contribution in [3.8, 4) is 5.88 Å². The zero-order valence-corrected chi connectivity index (χ0v) is 10.6. The molecule has 0 bridgehead atoms. The molecule has 100 valence electrons. The summed E-state index contributed by atoms with van der Waals surface area (Å²) >= 11 is 0. The lowest BCUT2D eigenvalue weighted by Crippen LogP contribution is -2.18. The van der Waals surface area contributed by atoms with Gasteiger partial charge in [0.25, 0.3) is 0 Å². The van der Waals surface area contributed by atoms with Gasteiger partial charge < -0.3 is 19.3 Å². The van der Waals surface area contributed by atoms with Gasteiger partial charge in [0.15, 0.2) is 0 Å². The van der Waals surface area contributed by atoms with Gasteiger partial charge in [0.1, 0.15) is 12.4 Å². The van der Waals surface area contributed by atoms with E-state index in [0.717, 1.165) is 0 Å². The van der Waals surface area contributed by atoms with Crippen LogP contribution >= 0.6 is 8.25 Å². The number of rotatable bonds is 5. The fourth-order valence-electron chi connectivity index (χ4n) is 2.12. The fraction of sp³-hybridized carbons (Fsp3) is 0.600. The van der Waals surface area contributed by atoms with E-state index in [-0.39, 0.29) is 18.6 Å². The van der Waals surface area contributed by atoms with Gasteiger partial charge in [-0.05, 0) is 6.42 Å². The first-order valence-electron chi connectivity index (χ1n) is 5.62. The minimum Gasteiger partial charge on any atom is -0.474 e. The lowest BCUT2D eigenvalue weighted by molar-refractivity contribution is 0.105. The summed E-state index contributed by atoms with van der Waals surface area (Å²) in [5, 5.41) is 9.20. The molecule has 8 heteroatoms. The van der Waals surface area contributed by atoms with Crippen molar-refractivity contribution in [3.63, 3.8) is 0 Å². The monoisotopic (exact) mass is 274 g/mol. The number of aliphatic hydroxyl groups excluding tert-OH is 1. The highest BCUT2D eigenvalue weighted by molar-refractivity contribution is 7.32. The molecule has 1 aromatic heterocycles. The van der Waals surface area contributed by atoms with Crippen LogP contribution in [0.4, 0.5) is 0 Å². The first-order chi connectivity index (χ1) is 8.69. The minimum absolute atomic E-state index is 0.0938. The third kappa shape index (κ3) is 3.49. The molecule has 7 nitrogen and oxygen atoms in total. The van der Waals surface area contributed by atoms with Gasteiger partial charge in [-0.1, -0.05) is 0 Å². The van der Waals surface area contributed by atoms with Crippen molar-refractivity contribution in [2.45, 2.75) is 25.0 Å². The molecular weight excluding hydrogens is 259 g/mol. The van der Waals surface area contributed by atoms with Gasteiger partial charge in [-0.25, -0.2) is 9.97 Å². The zero-order chi connectivity index (χ0) is 13.0. The largest absolute Gasteiger partial charge is 0.474 e. The van der Waals surface area contributed by atoms with Gasteiger partial charge in [-0.15, -0.1) is 0 Å². The average molecular weight is 274 g/mol. The lowest BCUT2D eigenvalue weighted by Gasteiger charge is -2.14. The minimum atomic E-state index is -3.00. The van der Waals surface area contributed by atoms with Crippen LogP contribution in [0.3, 0.4) is 0 Å². The van der Waals surface area contributed by atoms with Crippen molar-refractivity contribution in [1.82, 2.24) is 9.97 Å². The van der Waals surface area contributed by atoms with Crippen molar-refractivity contribution in [3.05, 3.63) is 18.6 Å². The molecule has 1 aliphatic rings. The highest BCUT2D eigenvalue weighted by atomic mass is 31.1. The Morgan fingerprint density at radius 3 is 2.94 bits per heavy atom. The summed E-state index contributed by atoms with van der Waals surface area (Å²) in [7, 11) is -3.00. The van der Waals surface area contributed by atoms with Crippen molar-refractivity contribution >= 4 is 8.25 Å². The van der Waals surface area contributed by atoms with E-state index < -0.39 is 14.4 Å². The van der Waals surface area contributed by atoms with Crippen LogP contribution in [0.2, 0.25) is 0 Å². The summed E-state index contributed by atoms with van der Waals surface area (Å²) in [4.78, 5) is 16.5. The molecule has 0 spiro atoms. The highest BCUT2D eigenvalue weighted by Crippen LogP contribution is 2.35. The van der Waals surface area contributed by atoms with Gasteiger partial charge >= 0.3 is 8.25 Å². The number of aliphatic hydroxyl groups is 1. The molecule has 0 aromatic carbocycles. The van der Waals surface area contributed by atoms with Crippen LogP contribution in [0.1, 0.15) is 12.8 Å². The van der Waals surface area contributed by atoms with Gasteiger partial charge in [-0.3, -0.25) is 4.57 Å². The Morgan fingerprint density at radius 1 is 1.50 bits per heavy atom. The average Bonchev–Trinajstić information content (AvgIpc) is 2.71. The maximum atomic E-state index is 10.7. The Kier molecular flexibility index (Phi) is 4.66. The number of ether oxygens (including phenoxy) is 1. The second-order valence-electron chi connectivity index (χ2n) is 4.12. The van der Waals surface area contributed by atoms with Gasteiger partial charge in [-0.2, -0.15) is 0 Å². The number of hydrogen-bond acceptors (Lipinski definition) is 6. The molecule has 1 aromatic rings. The second-order valence-corrected chi connectivity index (χ2v) is 4.89. The highest BCUT2D eigenvalue weighted by Gasteiger charge is 2.37. The van der Waals surface area contributed by atoms with Crippen LogP contribution in [0.15, 0.2) is 18.6 Å². The van der Waals surface area contributed by atoms with Gasteiger partial charge in [0.05, 0.1) is 6.10 Å². The van der Waals surface area contributed by atoms with E-state index in [1.54, 1.807) is 12.3 Å². The van der Waals surface area contributed by atoms with Crippen LogP contribution in [-0.2, 0) is 9.09 Å². The predicted molar refractivity (Wildman–Crippen MR) is 62.4 cm³/mol. The molecule has 1 heterocycles. The number of nitrogens with zero attached hydrogens (tertiary/aromatic N) is 2. The number of aromatic nitrogens is 2. The first kappa shape index (κ1) is 13.4. The van der Waals surface area contributed by atoms with E-state index in [9.17, 15) is 9.67 Å². The molecule has 2 rings (SSSR count). The second kappa shape index (κ2) is 6.24. The summed E-state index contributed by atoms with van der Waals surface area (Å²) in [6.07, 6.45) is 3.36. The lowest BCUT2D eigenvalue weighted by atomic mass is 10.1. The van der Waals surface area contributed by atoms with Crippen molar-refractivity contribution in [2.75, 3.05) is 6.61 Å². The van der Waals surface area contributed by atoms with E-state index in [1.807, 2.05) is 0 Å². The molecular formula is C10H15N2O5P. The molecule has 0 aliphatic heterocycles. The van der Waals surface area contributed by atoms with Crippen LogP contribution in [0, 0.1) is 5.92 Å². The summed E-state index contributed by atoms with van der Waals surface area (Å²) in [6.45, 7) is -0.0938. The normalized spacial score (nSPS) is 29.1. The molecule has 0 amide bonds. The molecule has 0 radical (unpaired) electrons. The Hall–Kier alpha value is -1.01. The van der Waals surface area contributed by atoms with E-state index in [4.69, 9.17) is 14.2 Å². The van der Waals surface area contributed by atoms with E-state index >= 15 is 0 Å². The Bertz CT molecular complexity index is 405. The Morgan fingerprint density at radius 2 is 2.33 bits per heavy atom. The summed E-state index contributed by atoms with van der Waals surface area (Å²) in [5.41, 5.74) is 0. The van der Waals surface area contributed by atoms with Crippen LogP contribution < -0.4 is 4.74 Å². The van der Waals surface area contributed by atoms with Gasteiger partial charge in [0.2, 0.25) is 5.88 Å². The van der Waals surface area contributed by atoms with Gasteiger partial charge in [0, 0.05) is 31.2 Å². The molecule has 0 saturated heterocycles. The van der Waals surface area contributed by atoms with E-state index in [1.165, 1.54) is 6.33 Å². The van der Waals surface area contributed by atoms with E-state index in [2.05, 4.69) is 9.97 Å². The van der Waals surface area contributed by atoms with Crippen molar-refractivity contribution in [2.24, 2.45) is 5.92 Å². The SMILES string of the molecule is O=[PH](O)OC1C[C@H](Oc2ccncn2)C[C@@H]1CO. The molecule has 1 saturated carbocycles. The fourth-order valence-corrected chi connectivity index (χ4v) is 2.67. The Labute approximate surface area is 105 Å². The predicted octanol–water partition coefficient (Wildman–Crippen LogP) is 0.393. The molecule has 1 aliphatic carbocycles. The van der Waals surface area contributed by atoms with Crippen LogP contribution in [0.5, 0.6) is 5.88 Å². The molecule has 2 unspecified atom stereocenters. The molecule has 2 N–H and O–H groups in total. The standard InChI is InChI=1S/C10H15N2O5P/c13-5-7-3-8(4-9(7)17-18(14)15)16-10-1-2-11-6-12-10/h1-2,6-9,13,18H,3-5H2,(H,14,15)/t7-,8-,9?/m1/s1. The third-order valence-corrected chi connectivity index (χ3v) is 3.42. The maximum Gasteiger partial charge on any atom is 0.316 e. The molecule has 4 atom stereocenters. The third-order valence-electron chi connectivity index (χ3n) is 2.92. The van der Waals surface area contributed by atoms with E-state index in [0.29, 0.717) is 18.7 Å². The van der Waals surface area contributed by atoms with Crippen molar-refractivity contribution in [1.29, 1.82) is 0 Å². The quantitative estimate of drug-likeness (QED) is 0.749.